The Labute approximate surface area is 309 Å². The average molecular weight is 739 g/mol. The number of nitrogens with zero attached hydrogens (tertiary/aromatic N) is 3. The smallest absolute Gasteiger partial charge is 0.268 e. The van der Waals surface area contributed by atoms with Gasteiger partial charge in [0.2, 0.25) is 0 Å². The number of nitrogen functional groups attached to an aromatic ring is 1. The van der Waals surface area contributed by atoms with E-state index in [1.807, 2.05) is 36.4 Å². The van der Waals surface area contributed by atoms with Gasteiger partial charge in [-0.25, -0.2) is 13.1 Å². The molecular weight excluding hydrogens is 696 g/mol. The van der Waals surface area contributed by atoms with Gasteiger partial charge >= 0.3 is 0 Å². The molecule has 52 heavy (non-hydrogen) atoms. The van der Waals surface area contributed by atoms with E-state index in [-0.39, 0.29) is 21.6 Å². The molecule has 4 aromatic carbocycles. The van der Waals surface area contributed by atoms with E-state index in [2.05, 4.69) is 50.7 Å². The minimum absolute atomic E-state index is 0.0549. The zero-order valence-corrected chi connectivity index (χ0v) is 31.2. The molecule has 7 rings (SSSR count). The second-order valence-corrected chi connectivity index (χ2v) is 16.6. The fourth-order valence-electron chi connectivity index (χ4n) is 7.08. The Kier molecular flexibility index (Phi) is 9.77. The number of nitrogens with one attached hydrogen (secondary N) is 2. The molecule has 1 aliphatic carbocycles. The average Bonchev–Trinajstić information content (AvgIpc) is 3.61. The van der Waals surface area contributed by atoms with E-state index in [0.29, 0.717) is 17.0 Å². The summed E-state index contributed by atoms with van der Waals surface area (Å²) in [6, 6.07) is 23.3. The van der Waals surface area contributed by atoms with Gasteiger partial charge in [0.15, 0.2) is 0 Å². The van der Waals surface area contributed by atoms with Crippen molar-refractivity contribution < 1.29 is 17.9 Å². The molecule has 1 aromatic heterocycles. The molecule has 0 unspecified atom stereocenters. The number of carbonyl (C=O) groups excluding carboxylic acids is 1. The van der Waals surface area contributed by atoms with Crippen LogP contribution >= 0.6 is 11.6 Å². The largest absolute Gasteiger partial charge is 0.456 e. The number of aryl methyl sites for hydroxylation is 1. The Morgan fingerprint density at radius 2 is 1.77 bits per heavy atom. The monoisotopic (exact) mass is 738 g/mol. The van der Waals surface area contributed by atoms with Crippen LogP contribution in [-0.4, -0.2) is 62.1 Å². The number of hydrogen-bond donors (Lipinski definition) is 3. The van der Waals surface area contributed by atoms with Crippen LogP contribution in [0.2, 0.25) is 5.02 Å². The van der Waals surface area contributed by atoms with Crippen LogP contribution in [-0.2, 0) is 10.0 Å². The number of carbonyl (C=O) groups is 1. The maximum Gasteiger partial charge on any atom is 0.268 e. The van der Waals surface area contributed by atoms with Crippen molar-refractivity contribution in [1.29, 1.82) is 0 Å². The molecule has 2 aliphatic rings. The van der Waals surface area contributed by atoms with Crippen molar-refractivity contribution >= 4 is 55.4 Å². The molecule has 2 heterocycles. The number of aromatic amines is 1. The lowest BCUT2D eigenvalue weighted by atomic mass is 9.72. The summed E-state index contributed by atoms with van der Waals surface area (Å²) < 4.78 is 35.2. The van der Waals surface area contributed by atoms with E-state index in [1.165, 1.54) is 34.9 Å². The first-order chi connectivity index (χ1) is 24.8. The number of fused-ring (bicyclic) bond motifs is 1. The highest BCUT2D eigenvalue weighted by atomic mass is 35.5. The van der Waals surface area contributed by atoms with Gasteiger partial charge in [0.25, 0.3) is 15.9 Å². The minimum atomic E-state index is -4.19. The lowest BCUT2D eigenvalue weighted by molar-refractivity contribution is 0.0979. The van der Waals surface area contributed by atoms with Crippen LogP contribution in [0.5, 0.6) is 11.5 Å². The molecule has 0 radical (unpaired) electrons. The summed E-state index contributed by atoms with van der Waals surface area (Å²) in [5, 5.41) is 8.55. The third kappa shape index (κ3) is 7.67. The topological polar surface area (TPSA) is 134 Å². The van der Waals surface area contributed by atoms with E-state index in [4.69, 9.17) is 22.1 Å². The summed E-state index contributed by atoms with van der Waals surface area (Å²) in [5.41, 5.74) is 13.1. The number of halogens is 1. The van der Waals surface area contributed by atoms with Crippen molar-refractivity contribution in [2.45, 2.75) is 44.9 Å². The quantitative estimate of drug-likeness (QED) is 0.131. The molecule has 0 bridgehead atoms. The van der Waals surface area contributed by atoms with Crippen molar-refractivity contribution in [2.75, 3.05) is 43.4 Å². The number of benzene rings is 4. The predicted octanol–water partition coefficient (Wildman–Crippen LogP) is 7.80. The normalized spacial score (nSPS) is 16.7. The second kappa shape index (κ2) is 14.3. The van der Waals surface area contributed by atoms with E-state index in [9.17, 15) is 13.2 Å². The third-order valence-electron chi connectivity index (χ3n) is 10.2. The van der Waals surface area contributed by atoms with Gasteiger partial charge in [0.1, 0.15) is 11.5 Å². The lowest BCUT2D eigenvalue weighted by Gasteiger charge is -2.39. The number of ether oxygens (including phenoxy) is 1. The van der Waals surface area contributed by atoms with E-state index < -0.39 is 15.9 Å². The molecule has 4 N–H and O–H groups in total. The van der Waals surface area contributed by atoms with E-state index in [0.717, 1.165) is 73.6 Å². The first-order valence-corrected chi connectivity index (χ1v) is 19.3. The molecule has 1 saturated heterocycles. The van der Waals surface area contributed by atoms with E-state index in [1.54, 1.807) is 25.3 Å². The molecule has 1 amide bonds. The molecule has 0 atom stereocenters. The fourth-order valence-corrected chi connectivity index (χ4v) is 8.25. The van der Waals surface area contributed by atoms with Gasteiger partial charge in [-0.15, -0.1) is 0 Å². The van der Waals surface area contributed by atoms with Gasteiger partial charge in [0, 0.05) is 55.2 Å². The van der Waals surface area contributed by atoms with Crippen LogP contribution in [0, 0.1) is 12.3 Å². The van der Waals surface area contributed by atoms with Crippen LogP contribution in [0.3, 0.4) is 0 Å². The zero-order valence-electron chi connectivity index (χ0n) is 29.6. The number of amides is 1. The van der Waals surface area contributed by atoms with Gasteiger partial charge in [-0.05, 0) is 103 Å². The number of H-pyrrole nitrogens is 1. The molecule has 270 valence electrons. The van der Waals surface area contributed by atoms with Crippen molar-refractivity contribution in [2.24, 2.45) is 5.41 Å². The standard InChI is InChI=1S/C40H43ClN6O4S/c1-26-21-31(12-14-35(26)42)52(49,50)45-39(48)32-13-11-30(22-38(32)51-37-6-4-5-36-34(37)24-43-44-36)47-19-17-46(18-20-47)25-28-15-16-40(2,3)23-33(28)27-7-9-29(41)10-8-27/h4-14,21-22,24H,15-20,23,25,42H2,1-3H3,(H,43,44)(H,45,48). The number of piperazine rings is 1. The van der Waals surface area contributed by atoms with Crippen LogP contribution in [0.25, 0.3) is 16.5 Å². The van der Waals surface area contributed by atoms with Gasteiger partial charge in [-0.2, -0.15) is 5.10 Å². The highest BCUT2D eigenvalue weighted by molar-refractivity contribution is 7.90. The first kappa shape index (κ1) is 35.6. The van der Waals surface area contributed by atoms with Crippen LogP contribution in [0.15, 0.2) is 95.5 Å². The Balaban J connectivity index is 1.12. The maximum atomic E-state index is 13.7. The number of rotatable bonds is 9. The molecule has 1 aliphatic heterocycles. The van der Waals surface area contributed by atoms with Crippen molar-refractivity contribution in [3.05, 3.63) is 112 Å². The van der Waals surface area contributed by atoms with Gasteiger partial charge in [-0.1, -0.05) is 49.2 Å². The first-order valence-electron chi connectivity index (χ1n) is 17.5. The predicted molar refractivity (Wildman–Crippen MR) is 208 cm³/mol. The van der Waals surface area contributed by atoms with Crippen LogP contribution < -0.4 is 20.1 Å². The van der Waals surface area contributed by atoms with Crippen molar-refractivity contribution in [1.82, 2.24) is 19.8 Å². The van der Waals surface area contributed by atoms with Crippen molar-refractivity contribution in [3.8, 4) is 11.5 Å². The van der Waals surface area contributed by atoms with Gasteiger partial charge in [0.05, 0.1) is 27.6 Å². The van der Waals surface area contributed by atoms with Crippen molar-refractivity contribution in [3.63, 3.8) is 0 Å². The molecule has 1 fully saturated rings. The number of hydrogen-bond acceptors (Lipinski definition) is 8. The Morgan fingerprint density at radius 1 is 1.00 bits per heavy atom. The summed E-state index contributed by atoms with van der Waals surface area (Å²) in [6.07, 6.45) is 4.94. The highest BCUT2D eigenvalue weighted by Crippen LogP contribution is 2.43. The number of nitrogens with two attached hydrogens (primary N) is 1. The maximum absolute atomic E-state index is 13.7. The summed E-state index contributed by atoms with van der Waals surface area (Å²) in [7, 11) is -4.19. The number of sulfonamides is 1. The summed E-state index contributed by atoms with van der Waals surface area (Å²) in [5.74, 6) is -0.0854. The molecule has 5 aromatic rings. The Bertz CT molecular complexity index is 2280. The molecule has 0 spiro atoms. The minimum Gasteiger partial charge on any atom is -0.456 e. The molecule has 0 saturated carbocycles. The SMILES string of the molecule is Cc1cc(S(=O)(=O)NC(=O)c2ccc(N3CCN(CC4=C(c5ccc(Cl)cc5)CC(C)(C)CC4)CC3)cc2Oc2cccc3[nH]ncc23)ccc1N. The van der Waals surface area contributed by atoms with Crippen LogP contribution in [0.1, 0.15) is 54.6 Å². The highest BCUT2D eigenvalue weighted by Gasteiger charge is 2.30. The van der Waals surface area contributed by atoms with Crippen LogP contribution in [0.4, 0.5) is 11.4 Å². The number of aromatic nitrogens is 2. The number of anilines is 2. The fraction of sp³-hybridized carbons (Fsp3) is 0.300. The second-order valence-electron chi connectivity index (χ2n) is 14.5. The van der Waals surface area contributed by atoms with Gasteiger partial charge in [-0.3, -0.25) is 14.8 Å². The zero-order chi connectivity index (χ0) is 36.6. The molecule has 10 nitrogen and oxygen atoms in total. The lowest BCUT2D eigenvalue weighted by Crippen LogP contribution is -2.47. The molecule has 12 heteroatoms. The number of allylic oxidation sites excluding steroid dienone is 1. The summed E-state index contributed by atoms with van der Waals surface area (Å²) in [4.78, 5) is 18.4. The van der Waals surface area contributed by atoms with E-state index >= 15 is 0 Å². The third-order valence-corrected chi connectivity index (χ3v) is 11.8. The summed E-state index contributed by atoms with van der Waals surface area (Å²) in [6.45, 7) is 10.6. The summed E-state index contributed by atoms with van der Waals surface area (Å²) >= 11 is 6.22. The molecular formula is C40H43ClN6O4S. The van der Waals surface area contributed by atoms with Gasteiger partial charge < -0.3 is 15.4 Å². The Hall–Kier alpha value is -4.84. The Morgan fingerprint density at radius 3 is 2.52 bits per heavy atom.